The van der Waals surface area contributed by atoms with Crippen molar-refractivity contribution in [1.29, 1.82) is 0 Å². The van der Waals surface area contributed by atoms with E-state index in [1.54, 1.807) is 16.0 Å². The Labute approximate surface area is 179 Å². The molecule has 0 unspecified atom stereocenters. The van der Waals surface area contributed by atoms with E-state index < -0.39 is 5.97 Å². The molecule has 1 aromatic carbocycles. The van der Waals surface area contributed by atoms with E-state index in [1.807, 2.05) is 50.4 Å². The summed E-state index contributed by atoms with van der Waals surface area (Å²) < 4.78 is 7.10. The lowest BCUT2D eigenvalue weighted by Gasteiger charge is -2.12. The molecule has 4 rings (SSSR count). The highest BCUT2D eigenvalue weighted by Gasteiger charge is 2.22. The van der Waals surface area contributed by atoms with Gasteiger partial charge in [0.05, 0.1) is 28.3 Å². The van der Waals surface area contributed by atoms with Crippen molar-refractivity contribution in [1.82, 2.24) is 9.78 Å². The predicted molar refractivity (Wildman–Crippen MR) is 118 cm³/mol. The van der Waals surface area contributed by atoms with Crippen LogP contribution in [-0.2, 0) is 22.4 Å². The zero-order chi connectivity index (χ0) is 21.3. The van der Waals surface area contributed by atoms with Gasteiger partial charge in [-0.15, -0.1) is 11.3 Å². The summed E-state index contributed by atoms with van der Waals surface area (Å²) >= 11 is 1.61. The Kier molecular flexibility index (Phi) is 5.72. The summed E-state index contributed by atoms with van der Waals surface area (Å²) in [6, 6.07) is 8.02. The molecule has 1 amide bonds. The number of nitrogens with one attached hydrogen (secondary N) is 1. The molecule has 0 spiro atoms. The van der Waals surface area contributed by atoms with Crippen LogP contribution in [0.2, 0.25) is 0 Å². The third-order valence-corrected chi connectivity index (χ3v) is 6.54. The SMILES string of the molecule is Cc1ccc(-n2nc(C)c(NC(=O)COC(=O)c3csc4c3CCCC4)c2C)cc1. The van der Waals surface area contributed by atoms with Crippen LogP contribution in [0.15, 0.2) is 29.6 Å². The van der Waals surface area contributed by atoms with Gasteiger partial charge in [0.1, 0.15) is 0 Å². The van der Waals surface area contributed by atoms with Gasteiger partial charge in [-0.25, -0.2) is 9.48 Å². The molecule has 156 valence electrons. The number of thiophene rings is 1. The maximum atomic E-state index is 12.5. The highest BCUT2D eigenvalue weighted by molar-refractivity contribution is 7.10. The van der Waals surface area contributed by atoms with E-state index in [0.29, 0.717) is 16.9 Å². The number of rotatable bonds is 5. The number of amides is 1. The Hall–Kier alpha value is -2.93. The van der Waals surface area contributed by atoms with Crippen LogP contribution in [0.1, 0.15) is 50.6 Å². The number of aromatic nitrogens is 2. The molecule has 30 heavy (non-hydrogen) atoms. The lowest BCUT2D eigenvalue weighted by molar-refractivity contribution is -0.119. The Bertz CT molecular complexity index is 1100. The van der Waals surface area contributed by atoms with Gasteiger partial charge < -0.3 is 10.1 Å². The number of anilines is 1. The third kappa shape index (κ3) is 4.03. The molecule has 0 atom stereocenters. The standard InChI is InChI=1S/C23H25N3O3S/c1-14-8-10-17(11-9-14)26-16(3)22(15(2)25-26)24-21(27)12-29-23(28)19-13-30-20-7-5-4-6-18(19)20/h8-11,13H,4-7,12H2,1-3H3,(H,24,27). The van der Waals surface area contributed by atoms with Gasteiger partial charge in [0.2, 0.25) is 0 Å². The van der Waals surface area contributed by atoms with Crippen LogP contribution < -0.4 is 5.32 Å². The number of benzene rings is 1. The van der Waals surface area contributed by atoms with Gasteiger partial charge >= 0.3 is 5.97 Å². The van der Waals surface area contributed by atoms with Crippen molar-refractivity contribution < 1.29 is 14.3 Å². The highest BCUT2D eigenvalue weighted by Crippen LogP contribution is 2.30. The summed E-state index contributed by atoms with van der Waals surface area (Å²) in [4.78, 5) is 26.2. The number of carbonyl (C=O) groups excluding carboxylic acids is 2. The fourth-order valence-electron chi connectivity index (χ4n) is 3.81. The molecule has 7 heteroatoms. The average molecular weight is 424 g/mol. The topological polar surface area (TPSA) is 73.2 Å². The summed E-state index contributed by atoms with van der Waals surface area (Å²) in [6.07, 6.45) is 4.19. The quantitative estimate of drug-likeness (QED) is 0.612. The van der Waals surface area contributed by atoms with Crippen LogP contribution >= 0.6 is 11.3 Å². The van der Waals surface area contributed by atoms with E-state index in [9.17, 15) is 9.59 Å². The molecule has 0 bridgehead atoms. The van der Waals surface area contributed by atoms with Crippen molar-refractivity contribution in [3.63, 3.8) is 0 Å². The summed E-state index contributed by atoms with van der Waals surface area (Å²) in [5.41, 5.74) is 5.98. The van der Waals surface area contributed by atoms with Crippen molar-refractivity contribution in [3.05, 3.63) is 62.6 Å². The first kappa shape index (κ1) is 20.3. The van der Waals surface area contributed by atoms with E-state index in [4.69, 9.17) is 4.74 Å². The minimum absolute atomic E-state index is 0.321. The highest BCUT2D eigenvalue weighted by atomic mass is 32.1. The first-order valence-electron chi connectivity index (χ1n) is 10.1. The van der Waals surface area contributed by atoms with Gasteiger partial charge in [-0.2, -0.15) is 5.10 Å². The first-order valence-corrected chi connectivity index (χ1v) is 11.0. The van der Waals surface area contributed by atoms with E-state index in [-0.39, 0.29) is 12.5 Å². The number of nitrogens with zero attached hydrogens (tertiary/aromatic N) is 2. The molecular weight excluding hydrogens is 398 g/mol. The van der Waals surface area contributed by atoms with Gasteiger partial charge in [0.25, 0.3) is 5.91 Å². The molecule has 1 N–H and O–H groups in total. The molecule has 0 radical (unpaired) electrons. The van der Waals surface area contributed by atoms with Crippen LogP contribution in [0.3, 0.4) is 0 Å². The van der Waals surface area contributed by atoms with Crippen molar-refractivity contribution in [2.75, 3.05) is 11.9 Å². The minimum Gasteiger partial charge on any atom is -0.452 e. The second-order valence-corrected chi connectivity index (χ2v) is 8.64. The molecule has 2 heterocycles. The van der Waals surface area contributed by atoms with Gasteiger partial charge in [0.15, 0.2) is 6.61 Å². The molecule has 1 aliphatic rings. The maximum absolute atomic E-state index is 12.5. The molecular formula is C23H25N3O3S. The van der Waals surface area contributed by atoms with Crippen molar-refractivity contribution >= 4 is 28.9 Å². The van der Waals surface area contributed by atoms with Crippen LogP contribution in [0.25, 0.3) is 5.69 Å². The Morgan fingerprint density at radius 2 is 1.87 bits per heavy atom. The average Bonchev–Trinajstić information content (AvgIpc) is 3.29. The molecule has 0 aliphatic heterocycles. The zero-order valence-electron chi connectivity index (χ0n) is 17.4. The number of hydrogen-bond donors (Lipinski definition) is 1. The maximum Gasteiger partial charge on any atom is 0.339 e. The van der Waals surface area contributed by atoms with Crippen LogP contribution in [-0.4, -0.2) is 28.3 Å². The Balaban J connectivity index is 1.41. The van der Waals surface area contributed by atoms with Crippen LogP contribution in [0.5, 0.6) is 0 Å². The predicted octanol–water partition coefficient (Wildman–Crippen LogP) is 4.53. The monoisotopic (exact) mass is 423 g/mol. The normalized spacial score (nSPS) is 13.0. The number of ether oxygens (including phenoxy) is 1. The van der Waals surface area contributed by atoms with Crippen molar-refractivity contribution in [2.24, 2.45) is 0 Å². The van der Waals surface area contributed by atoms with Gasteiger partial charge in [0, 0.05) is 10.3 Å². The molecule has 0 saturated heterocycles. The van der Waals surface area contributed by atoms with E-state index in [0.717, 1.165) is 36.2 Å². The molecule has 0 saturated carbocycles. The van der Waals surface area contributed by atoms with E-state index in [1.165, 1.54) is 16.9 Å². The van der Waals surface area contributed by atoms with E-state index in [2.05, 4.69) is 10.4 Å². The second-order valence-electron chi connectivity index (χ2n) is 7.68. The number of fused-ring (bicyclic) bond motifs is 1. The Morgan fingerprint density at radius 3 is 2.63 bits per heavy atom. The van der Waals surface area contributed by atoms with Gasteiger partial charge in [-0.1, -0.05) is 17.7 Å². The number of hydrogen-bond acceptors (Lipinski definition) is 5. The third-order valence-electron chi connectivity index (χ3n) is 5.45. The van der Waals surface area contributed by atoms with Crippen molar-refractivity contribution in [2.45, 2.75) is 46.5 Å². The Morgan fingerprint density at radius 1 is 1.13 bits per heavy atom. The van der Waals surface area contributed by atoms with Gasteiger partial charge in [-0.3, -0.25) is 4.79 Å². The lowest BCUT2D eigenvalue weighted by Crippen LogP contribution is -2.22. The van der Waals surface area contributed by atoms with Crippen molar-refractivity contribution in [3.8, 4) is 5.69 Å². The zero-order valence-corrected chi connectivity index (χ0v) is 18.3. The molecule has 2 aromatic heterocycles. The fraction of sp³-hybridized carbons (Fsp3) is 0.348. The molecule has 1 aliphatic carbocycles. The van der Waals surface area contributed by atoms with E-state index >= 15 is 0 Å². The summed E-state index contributed by atoms with van der Waals surface area (Å²) in [5.74, 6) is -0.796. The number of aryl methyl sites for hydroxylation is 3. The lowest BCUT2D eigenvalue weighted by atomic mass is 9.96. The summed E-state index contributed by atoms with van der Waals surface area (Å²) in [6.45, 7) is 5.46. The largest absolute Gasteiger partial charge is 0.452 e. The minimum atomic E-state index is -0.423. The van der Waals surface area contributed by atoms with Gasteiger partial charge in [-0.05, 0) is 64.2 Å². The number of esters is 1. The smallest absolute Gasteiger partial charge is 0.339 e. The van der Waals surface area contributed by atoms with Crippen LogP contribution in [0, 0.1) is 20.8 Å². The molecule has 6 nitrogen and oxygen atoms in total. The molecule has 0 fully saturated rings. The number of carbonyl (C=O) groups is 2. The summed E-state index contributed by atoms with van der Waals surface area (Å²) in [7, 11) is 0. The first-order chi connectivity index (χ1) is 14.4. The second kappa shape index (κ2) is 8.44. The summed E-state index contributed by atoms with van der Waals surface area (Å²) in [5, 5.41) is 9.25. The molecule has 3 aromatic rings. The van der Waals surface area contributed by atoms with Crippen LogP contribution in [0.4, 0.5) is 5.69 Å². The fourth-order valence-corrected chi connectivity index (χ4v) is 4.93.